The normalized spacial score (nSPS) is 11.1. The second-order valence-corrected chi connectivity index (χ2v) is 6.08. The number of nitrogen functional groups attached to an aromatic ring is 1. The summed E-state index contributed by atoms with van der Waals surface area (Å²) in [5.74, 6) is 1.83. The molecule has 2 N–H and O–H groups in total. The van der Waals surface area contributed by atoms with Crippen molar-refractivity contribution >= 4 is 16.5 Å². The highest BCUT2D eigenvalue weighted by Gasteiger charge is 2.21. The number of aromatic nitrogens is 3. The van der Waals surface area contributed by atoms with Crippen LogP contribution in [0.2, 0.25) is 0 Å². The summed E-state index contributed by atoms with van der Waals surface area (Å²) in [5, 5.41) is 4.55. The van der Waals surface area contributed by atoms with Gasteiger partial charge < -0.3 is 15.0 Å². The van der Waals surface area contributed by atoms with Crippen molar-refractivity contribution in [1.29, 1.82) is 0 Å². The first kappa shape index (κ1) is 14.5. The van der Waals surface area contributed by atoms with Gasteiger partial charge in [0, 0.05) is 0 Å². The molecule has 22 heavy (non-hydrogen) atoms. The molecule has 6 nitrogen and oxygen atoms in total. The van der Waals surface area contributed by atoms with Crippen molar-refractivity contribution in [2.45, 2.75) is 19.8 Å². The van der Waals surface area contributed by atoms with Crippen LogP contribution in [0.1, 0.15) is 25.5 Å². The zero-order valence-corrected chi connectivity index (χ0v) is 13.3. The largest absolute Gasteiger partial charge is 0.496 e. The van der Waals surface area contributed by atoms with E-state index in [1.165, 1.54) is 11.3 Å². The molecule has 3 rings (SSSR count). The number of para-hydroxylation sites is 1. The lowest BCUT2D eigenvalue weighted by molar-refractivity contribution is 0.413. The number of ether oxygens (including phenoxy) is 1. The van der Waals surface area contributed by atoms with E-state index in [0.29, 0.717) is 22.6 Å². The van der Waals surface area contributed by atoms with E-state index in [9.17, 15) is 0 Å². The van der Waals surface area contributed by atoms with Gasteiger partial charge in [-0.25, -0.2) is 4.98 Å². The number of hydrogen-bond donors (Lipinski definition) is 1. The lowest BCUT2D eigenvalue weighted by Gasteiger charge is -2.03. The minimum atomic E-state index is 0.227. The third-order valence-corrected chi connectivity index (χ3v) is 4.07. The van der Waals surface area contributed by atoms with Crippen LogP contribution in [0.5, 0.6) is 5.75 Å². The van der Waals surface area contributed by atoms with E-state index in [0.717, 1.165) is 16.1 Å². The highest BCUT2D eigenvalue weighted by atomic mass is 32.1. The Morgan fingerprint density at radius 1 is 1.23 bits per heavy atom. The molecule has 0 radical (unpaired) electrons. The third-order valence-electron chi connectivity index (χ3n) is 3.18. The van der Waals surface area contributed by atoms with Gasteiger partial charge in [0.1, 0.15) is 10.6 Å². The van der Waals surface area contributed by atoms with Crippen LogP contribution in [-0.4, -0.2) is 22.2 Å². The third kappa shape index (κ3) is 2.55. The van der Waals surface area contributed by atoms with E-state index in [1.54, 1.807) is 7.11 Å². The Bertz CT molecular complexity index is 794. The molecule has 114 valence electrons. The van der Waals surface area contributed by atoms with E-state index < -0.39 is 0 Å². The van der Waals surface area contributed by atoms with Crippen LogP contribution in [0, 0.1) is 0 Å². The van der Waals surface area contributed by atoms with Crippen LogP contribution in [0.25, 0.3) is 22.2 Å². The first-order valence-corrected chi connectivity index (χ1v) is 7.65. The summed E-state index contributed by atoms with van der Waals surface area (Å²) in [6.07, 6.45) is 0. The van der Waals surface area contributed by atoms with Crippen LogP contribution in [0.3, 0.4) is 0 Å². The molecule has 0 atom stereocenters. The summed E-state index contributed by atoms with van der Waals surface area (Å²) in [5.41, 5.74) is 7.47. The summed E-state index contributed by atoms with van der Waals surface area (Å²) < 4.78 is 10.7. The van der Waals surface area contributed by atoms with Gasteiger partial charge in [0.15, 0.2) is 5.13 Å². The molecule has 2 aromatic heterocycles. The highest BCUT2D eigenvalue weighted by molar-refractivity contribution is 7.18. The lowest BCUT2D eigenvalue weighted by atomic mass is 10.1. The number of nitrogens with zero attached hydrogens (tertiary/aromatic N) is 3. The van der Waals surface area contributed by atoms with Crippen molar-refractivity contribution in [1.82, 2.24) is 15.1 Å². The summed E-state index contributed by atoms with van der Waals surface area (Å²) in [6.45, 7) is 4.10. The predicted molar refractivity (Wildman–Crippen MR) is 85.9 cm³/mol. The summed E-state index contributed by atoms with van der Waals surface area (Å²) in [4.78, 5) is 9.64. The van der Waals surface area contributed by atoms with Gasteiger partial charge in [0.2, 0.25) is 5.82 Å². The highest BCUT2D eigenvalue weighted by Crippen LogP contribution is 2.36. The van der Waals surface area contributed by atoms with Crippen molar-refractivity contribution < 1.29 is 9.26 Å². The fourth-order valence-corrected chi connectivity index (χ4v) is 3.06. The maximum absolute atomic E-state index is 5.82. The number of thiazole rings is 1. The number of anilines is 1. The van der Waals surface area contributed by atoms with E-state index >= 15 is 0 Å². The molecular weight excluding hydrogens is 300 g/mol. The average molecular weight is 316 g/mol. The van der Waals surface area contributed by atoms with Crippen LogP contribution in [0.4, 0.5) is 5.13 Å². The summed E-state index contributed by atoms with van der Waals surface area (Å²) in [7, 11) is 1.61. The van der Waals surface area contributed by atoms with Crippen molar-refractivity contribution in [2.75, 3.05) is 12.8 Å². The maximum atomic E-state index is 5.82. The zero-order chi connectivity index (χ0) is 15.7. The molecule has 7 heteroatoms. The molecule has 0 fully saturated rings. The minimum Gasteiger partial charge on any atom is -0.496 e. The van der Waals surface area contributed by atoms with Gasteiger partial charge in [-0.1, -0.05) is 42.5 Å². The number of methoxy groups -OCH3 is 1. The number of nitrogens with two attached hydrogens (primary N) is 1. The van der Waals surface area contributed by atoms with E-state index in [1.807, 2.05) is 24.3 Å². The quantitative estimate of drug-likeness (QED) is 0.791. The Balaban J connectivity index is 2.05. The average Bonchev–Trinajstić information content (AvgIpc) is 3.13. The summed E-state index contributed by atoms with van der Waals surface area (Å²) >= 11 is 1.35. The Morgan fingerprint density at radius 3 is 2.73 bits per heavy atom. The topological polar surface area (TPSA) is 87.1 Å². The molecule has 0 bridgehead atoms. The smallest absolute Gasteiger partial charge is 0.270 e. The Hall–Kier alpha value is -2.41. The number of benzene rings is 1. The number of rotatable bonds is 4. The number of hydrogen-bond acceptors (Lipinski definition) is 7. The lowest BCUT2D eigenvalue weighted by Crippen LogP contribution is -1.92. The van der Waals surface area contributed by atoms with Crippen molar-refractivity contribution in [3.8, 4) is 27.9 Å². The van der Waals surface area contributed by atoms with Gasteiger partial charge in [-0.2, -0.15) is 4.98 Å². The molecular formula is C15H16N4O2S. The molecule has 0 aliphatic rings. The molecule has 1 aromatic carbocycles. The van der Waals surface area contributed by atoms with Gasteiger partial charge >= 0.3 is 0 Å². The standard InChI is InChI=1S/C15H16N4O2S/c1-8(2)11-12(22-15(16)17-11)14-18-13(19-21-14)9-6-4-5-7-10(9)20-3/h4-8H,1-3H3,(H2,16,17). The fraction of sp³-hybridized carbons (Fsp3) is 0.267. The fourth-order valence-electron chi connectivity index (χ4n) is 2.15. The minimum absolute atomic E-state index is 0.227. The predicted octanol–water partition coefficient (Wildman–Crippen LogP) is 3.57. The SMILES string of the molecule is COc1ccccc1-c1noc(-c2sc(N)nc2C(C)C)n1. The van der Waals surface area contributed by atoms with Gasteiger partial charge in [-0.05, 0) is 18.1 Å². The molecule has 2 heterocycles. The molecule has 0 unspecified atom stereocenters. The van der Waals surface area contributed by atoms with Crippen LogP contribution in [0.15, 0.2) is 28.8 Å². The van der Waals surface area contributed by atoms with Crippen molar-refractivity contribution in [2.24, 2.45) is 0 Å². The molecule has 0 amide bonds. The van der Waals surface area contributed by atoms with Gasteiger partial charge in [0.25, 0.3) is 5.89 Å². The molecule has 3 aromatic rings. The van der Waals surface area contributed by atoms with Crippen molar-refractivity contribution in [3.05, 3.63) is 30.0 Å². The summed E-state index contributed by atoms with van der Waals surface area (Å²) in [6, 6.07) is 7.54. The first-order chi connectivity index (χ1) is 10.6. The first-order valence-electron chi connectivity index (χ1n) is 6.83. The maximum Gasteiger partial charge on any atom is 0.270 e. The van der Waals surface area contributed by atoms with Crippen LogP contribution < -0.4 is 10.5 Å². The van der Waals surface area contributed by atoms with Crippen LogP contribution >= 0.6 is 11.3 Å². The van der Waals surface area contributed by atoms with E-state index in [2.05, 4.69) is 29.0 Å². The molecule has 0 aliphatic heterocycles. The van der Waals surface area contributed by atoms with Gasteiger partial charge in [0.05, 0.1) is 18.4 Å². The second-order valence-electron chi connectivity index (χ2n) is 5.04. The molecule has 0 aliphatic carbocycles. The zero-order valence-electron chi connectivity index (χ0n) is 12.5. The van der Waals surface area contributed by atoms with Crippen LogP contribution in [-0.2, 0) is 0 Å². The van der Waals surface area contributed by atoms with Crippen molar-refractivity contribution in [3.63, 3.8) is 0 Å². The molecule has 0 saturated carbocycles. The Morgan fingerprint density at radius 2 is 2.00 bits per heavy atom. The monoisotopic (exact) mass is 316 g/mol. The Labute approximate surface area is 132 Å². The Kier molecular flexibility index (Phi) is 3.81. The van der Waals surface area contributed by atoms with E-state index in [4.69, 9.17) is 15.0 Å². The second kappa shape index (κ2) is 5.76. The van der Waals surface area contributed by atoms with E-state index in [-0.39, 0.29) is 5.92 Å². The van der Waals surface area contributed by atoms with Gasteiger partial charge in [-0.3, -0.25) is 0 Å². The molecule has 0 saturated heterocycles. The van der Waals surface area contributed by atoms with Gasteiger partial charge in [-0.15, -0.1) is 0 Å². The molecule has 0 spiro atoms.